The third-order valence-electron chi connectivity index (χ3n) is 19.3. The van der Waals surface area contributed by atoms with Gasteiger partial charge in [0.15, 0.2) is 0 Å². The van der Waals surface area contributed by atoms with Crippen LogP contribution < -0.4 is 19.6 Å². The molecule has 0 fully saturated rings. The summed E-state index contributed by atoms with van der Waals surface area (Å²) in [6.45, 7) is 4.60. The van der Waals surface area contributed by atoms with Crippen molar-refractivity contribution < 1.29 is 0 Å². The lowest BCUT2D eigenvalue weighted by atomic mass is 9.93. The van der Waals surface area contributed by atoms with Gasteiger partial charge >= 0.3 is 0 Å². The van der Waals surface area contributed by atoms with E-state index < -0.39 is 0 Å². The molecule has 0 N–H and O–H groups in total. The number of aryl methyl sites for hydroxylation is 2. The molecule has 4 nitrogen and oxygen atoms in total. The molecule has 15 aromatic carbocycles. The summed E-state index contributed by atoms with van der Waals surface area (Å²) in [6, 6.07) is 143. The number of rotatable bonds is 24. The lowest BCUT2D eigenvalue weighted by molar-refractivity contribution is 0.795. The van der Waals surface area contributed by atoms with Gasteiger partial charge in [0.2, 0.25) is 0 Å². The molecule has 0 unspecified atom stereocenters. The highest BCUT2D eigenvalue weighted by Crippen LogP contribution is 2.54. The third kappa shape index (κ3) is 14.1. The van der Waals surface area contributed by atoms with Crippen molar-refractivity contribution in [2.45, 2.75) is 52.4 Å². The Hall–Kier alpha value is -12.5. The van der Waals surface area contributed by atoms with Crippen LogP contribution in [0.4, 0.5) is 68.2 Å². The van der Waals surface area contributed by atoms with Crippen LogP contribution in [-0.4, -0.2) is 0 Å². The number of anilines is 12. The van der Waals surface area contributed by atoms with Crippen LogP contribution >= 0.6 is 0 Å². The Kier molecular flexibility index (Phi) is 20.0. The van der Waals surface area contributed by atoms with Gasteiger partial charge in [0.1, 0.15) is 0 Å². The van der Waals surface area contributed by atoms with E-state index in [9.17, 15) is 0 Å². The van der Waals surface area contributed by atoms with Crippen molar-refractivity contribution in [3.8, 4) is 66.8 Å². The van der Waals surface area contributed by atoms with Crippen LogP contribution in [0, 0.1) is 0 Å². The SMILES string of the molecule is CCCCc1cc(N(c2ccccc2)c2cccc(N(c3cc(CCCC)cc(N(c4ccccc4)c4c(-c5ccccc5)cccc4-c4ccccc4)c3)c3c(-c4ccccc4)cccc3-c3ccccc3)c2)cc(N(c2ccccc2)c2c(-c3ccccc3)cccc2-c2ccccc2)c1. The van der Waals surface area contributed by atoms with E-state index >= 15 is 0 Å². The van der Waals surface area contributed by atoms with Gasteiger partial charge in [-0.05, 0) is 161 Å². The molecule has 4 heteroatoms. The lowest BCUT2D eigenvalue weighted by Crippen LogP contribution is -2.17. The van der Waals surface area contributed by atoms with Gasteiger partial charge in [0.25, 0.3) is 0 Å². The largest absolute Gasteiger partial charge is 0.310 e. The first-order valence-corrected chi connectivity index (χ1v) is 36.0. The van der Waals surface area contributed by atoms with Gasteiger partial charge in [0.05, 0.1) is 17.1 Å². The Bertz CT molecular complexity index is 5050. The highest BCUT2D eigenvalue weighted by Gasteiger charge is 2.29. The fourth-order valence-electron chi connectivity index (χ4n) is 14.5. The van der Waals surface area contributed by atoms with E-state index in [1.807, 2.05) is 0 Å². The van der Waals surface area contributed by atoms with Crippen LogP contribution in [0.3, 0.4) is 0 Å². The number of benzene rings is 15. The first-order valence-electron chi connectivity index (χ1n) is 36.0. The fraction of sp³-hybridized carbons (Fsp3) is 0.0816. The van der Waals surface area contributed by atoms with E-state index in [-0.39, 0.29) is 0 Å². The first-order chi connectivity index (χ1) is 50.6. The van der Waals surface area contributed by atoms with Gasteiger partial charge in [-0.3, -0.25) is 0 Å². The number of para-hydroxylation sites is 6. The molecule has 15 aromatic rings. The minimum absolute atomic E-state index is 0.882. The summed E-state index contributed by atoms with van der Waals surface area (Å²) in [6.07, 6.45) is 5.95. The van der Waals surface area contributed by atoms with E-state index in [0.717, 1.165) is 174 Å². The van der Waals surface area contributed by atoms with Crippen molar-refractivity contribution in [3.05, 3.63) is 399 Å². The minimum Gasteiger partial charge on any atom is -0.310 e. The summed E-state index contributed by atoms with van der Waals surface area (Å²) in [5, 5.41) is 0. The van der Waals surface area contributed by atoms with Gasteiger partial charge < -0.3 is 19.6 Å². The van der Waals surface area contributed by atoms with Crippen molar-refractivity contribution in [1.82, 2.24) is 0 Å². The number of hydrogen-bond acceptors (Lipinski definition) is 4. The average Bonchev–Trinajstić information content (AvgIpc) is 0.755. The Morgan fingerprint density at radius 2 is 0.373 bits per heavy atom. The highest BCUT2D eigenvalue weighted by atomic mass is 15.2. The van der Waals surface area contributed by atoms with Crippen molar-refractivity contribution in [3.63, 3.8) is 0 Å². The summed E-state index contributed by atoms with van der Waals surface area (Å²) in [5.74, 6) is 0. The van der Waals surface area contributed by atoms with Crippen molar-refractivity contribution >= 4 is 68.2 Å². The van der Waals surface area contributed by atoms with Crippen molar-refractivity contribution in [1.29, 1.82) is 0 Å². The summed E-state index contributed by atoms with van der Waals surface area (Å²) >= 11 is 0. The van der Waals surface area contributed by atoms with Crippen molar-refractivity contribution in [2.75, 3.05) is 19.6 Å². The molecule has 0 saturated carbocycles. The second kappa shape index (κ2) is 31.1. The standard InChI is InChI=1S/C98H82N4/c1-3-5-38-73-66-86(71-87(67-73)100(82-54-30-14-31-55-82)96-90(75-40-16-7-17-41-75)60-35-61-91(96)76-42-18-8-19-43-76)99(81-52-28-13-29-53-81)84-58-34-59-85(70-84)102(98-94(79-48-24-11-25-49-79)64-37-65-95(98)80-50-26-12-27-51-80)89-69-74(39-6-4-2)68-88(72-89)101(83-56-32-15-33-57-83)97-92(77-44-20-9-21-45-77)62-36-63-93(97)78-46-22-10-23-47-78/h7-37,40-72H,3-6,38-39H2,1-2H3. The monoisotopic (exact) mass is 1310 g/mol. The van der Waals surface area contributed by atoms with E-state index in [4.69, 9.17) is 0 Å². The Labute approximate surface area is 602 Å². The molecule has 0 heterocycles. The summed E-state index contributed by atoms with van der Waals surface area (Å²) in [5.41, 5.74) is 28.8. The van der Waals surface area contributed by atoms with Crippen molar-refractivity contribution in [2.24, 2.45) is 0 Å². The maximum Gasteiger partial charge on any atom is 0.0618 e. The summed E-state index contributed by atoms with van der Waals surface area (Å²) < 4.78 is 0. The van der Waals surface area contributed by atoms with Crippen LogP contribution in [-0.2, 0) is 12.8 Å². The first kappa shape index (κ1) is 65.4. The van der Waals surface area contributed by atoms with Gasteiger partial charge in [-0.15, -0.1) is 0 Å². The molecule has 0 aliphatic rings. The van der Waals surface area contributed by atoms with E-state index in [2.05, 4.69) is 422 Å². The molecule has 494 valence electrons. The zero-order valence-corrected chi connectivity index (χ0v) is 58.0. The summed E-state index contributed by atoms with van der Waals surface area (Å²) in [7, 11) is 0. The third-order valence-corrected chi connectivity index (χ3v) is 19.3. The normalized spacial score (nSPS) is 11.1. The summed E-state index contributed by atoms with van der Waals surface area (Å²) in [4.78, 5) is 10.1. The number of nitrogens with zero attached hydrogens (tertiary/aromatic N) is 4. The Morgan fingerprint density at radius 1 is 0.176 bits per heavy atom. The van der Waals surface area contributed by atoms with Gasteiger partial charge in [-0.25, -0.2) is 0 Å². The van der Waals surface area contributed by atoms with Crippen LogP contribution in [0.5, 0.6) is 0 Å². The van der Waals surface area contributed by atoms with Crippen LogP contribution in [0.25, 0.3) is 66.8 Å². The predicted molar refractivity (Wildman–Crippen MR) is 435 cm³/mol. The maximum absolute atomic E-state index is 2.58. The molecular formula is C98H82N4. The minimum atomic E-state index is 0.882. The molecule has 0 radical (unpaired) electrons. The predicted octanol–water partition coefficient (Wildman–Crippen LogP) is 28.3. The fourth-order valence-corrected chi connectivity index (χ4v) is 14.5. The molecule has 102 heavy (non-hydrogen) atoms. The average molecular weight is 1320 g/mol. The lowest BCUT2D eigenvalue weighted by Gasteiger charge is -2.35. The molecule has 0 aliphatic carbocycles. The highest BCUT2D eigenvalue weighted by molar-refractivity contribution is 6.03. The zero-order chi connectivity index (χ0) is 68.8. The molecule has 0 spiro atoms. The molecule has 0 bridgehead atoms. The van der Waals surface area contributed by atoms with Crippen LogP contribution in [0.15, 0.2) is 388 Å². The van der Waals surface area contributed by atoms with Gasteiger partial charge in [-0.1, -0.05) is 324 Å². The quantitative estimate of drug-likeness (QED) is 0.0598. The second-order valence-corrected chi connectivity index (χ2v) is 26.1. The maximum atomic E-state index is 2.58. The molecule has 0 amide bonds. The number of unbranched alkanes of at least 4 members (excludes halogenated alkanes) is 2. The topological polar surface area (TPSA) is 13.0 Å². The molecule has 0 aliphatic heterocycles. The molecule has 0 saturated heterocycles. The van der Waals surface area contributed by atoms with Gasteiger partial charge in [0, 0.05) is 84.6 Å². The van der Waals surface area contributed by atoms with E-state index in [1.165, 1.54) is 11.1 Å². The van der Waals surface area contributed by atoms with E-state index in [1.54, 1.807) is 0 Å². The number of hydrogen-bond donors (Lipinski definition) is 0. The molecule has 0 aromatic heterocycles. The second-order valence-electron chi connectivity index (χ2n) is 26.1. The Morgan fingerprint density at radius 3 is 0.637 bits per heavy atom. The van der Waals surface area contributed by atoms with E-state index in [0.29, 0.717) is 0 Å². The molecular weight excluding hydrogens is 1230 g/mol. The van der Waals surface area contributed by atoms with Gasteiger partial charge in [-0.2, -0.15) is 0 Å². The Balaban J connectivity index is 1.01. The van der Waals surface area contributed by atoms with Crippen LogP contribution in [0.2, 0.25) is 0 Å². The smallest absolute Gasteiger partial charge is 0.0618 e. The zero-order valence-electron chi connectivity index (χ0n) is 58.0. The molecule has 0 atom stereocenters. The van der Waals surface area contributed by atoms with Crippen LogP contribution in [0.1, 0.15) is 50.7 Å². The molecule has 15 rings (SSSR count).